The Morgan fingerprint density at radius 2 is 1.96 bits per heavy atom. The third kappa shape index (κ3) is 5.96. The van der Waals surface area contributed by atoms with Gasteiger partial charge < -0.3 is 20.3 Å². The van der Waals surface area contributed by atoms with Crippen LogP contribution >= 0.6 is 0 Å². The van der Waals surface area contributed by atoms with Crippen molar-refractivity contribution >= 4 is 6.09 Å². The van der Waals surface area contributed by atoms with Crippen LogP contribution in [0.15, 0.2) is 0 Å². The third-order valence-electron chi connectivity index (χ3n) is 5.09. The van der Waals surface area contributed by atoms with E-state index in [0.29, 0.717) is 36.5 Å². The summed E-state index contributed by atoms with van der Waals surface area (Å²) >= 11 is 0. The lowest BCUT2D eigenvalue weighted by molar-refractivity contribution is 0.0515. The van der Waals surface area contributed by atoms with Crippen molar-refractivity contribution in [2.45, 2.75) is 77.6 Å². The van der Waals surface area contributed by atoms with Gasteiger partial charge in [-0.2, -0.15) is 0 Å². The zero-order valence-corrected chi connectivity index (χ0v) is 15.7. The van der Waals surface area contributed by atoms with Gasteiger partial charge in [0.1, 0.15) is 5.60 Å². The van der Waals surface area contributed by atoms with Crippen molar-refractivity contribution in [3.63, 3.8) is 0 Å². The number of nitrogens with one attached hydrogen (secondary N) is 2. The first-order chi connectivity index (χ1) is 10.7. The minimum absolute atomic E-state index is 0.310. The smallest absolute Gasteiger partial charge is 0.407 e. The van der Waals surface area contributed by atoms with Crippen LogP contribution in [0.2, 0.25) is 0 Å². The van der Waals surface area contributed by atoms with Crippen molar-refractivity contribution < 1.29 is 9.53 Å². The van der Waals surface area contributed by atoms with Crippen LogP contribution in [0, 0.1) is 11.8 Å². The van der Waals surface area contributed by atoms with Gasteiger partial charge in [0, 0.05) is 31.2 Å². The fourth-order valence-corrected chi connectivity index (χ4v) is 3.42. The van der Waals surface area contributed by atoms with Crippen molar-refractivity contribution in [2.75, 3.05) is 20.1 Å². The first-order valence-electron chi connectivity index (χ1n) is 9.09. The zero-order valence-electron chi connectivity index (χ0n) is 15.7. The standard InChI is InChI=1S/C18H35N3O2/c1-12-11-21(6)13(2)9-15(12)20-16(14-7-8-14)10-19-17(22)23-18(3,4)5/h12-16,20H,7-11H2,1-6H3,(H,19,22). The molecule has 0 aromatic carbocycles. The average molecular weight is 325 g/mol. The molecule has 5 nitrogen and oxygen atoms in total. The van der Waals surface area contributed by atoms with E-state index in [1.54, 1.807) is 0 Å². The van der Waals surface area contributed by atoms with E-state index < -0.39 is 5.60 Å². The van der Waals surface area contributed by atoms with Crippen LogP contribution in [-0.2, 0) is 4.74 Å². The molecule has 2 rings (SSSR count). The second-order valence-electron chi connectivity index (χ2n) is 8.60. The number of hydrogen-bond donors (Lipinski definition) is 2. The lowest BCUT2D eigenvalue weighted by Gasteiger charge is -2.41. The van der Waals surface area contributed by atoms with E-state index in [9.17, 15) is 4.79 Å². The Balaban J connectivity index is 1.83. The number of alkyl carbamates (subject to hydrolysis) is 1. The maximum absolute atomic E-state index is 11.9. The van der Waals surface area contributed by atoms with Crippen LogP contribution in [0.5, 0.6) is 0 Å². The van der Waals surface area contributed by atoms with E-state index >= 15 is 0 Å². The SMILES string of the molecule is CC1CN(C)C(C)CC1NC(CNC(=O)OC(C)(C)C)C1CC1. The number of rotatable bonds is 5. The van der Waals surface area contributed by atoms with E-state index in [1.165, 1.54) is 19.3 Å². The molecular weight excluding hydrogens is 290 g/mol. The lowest BCUT2D eigenvalue weighted by atomic mass is 9.89. The molecule has 1 heterocycles. The summed E-state index contributed by atoms with van der Waals surface area (Å²) < 4.78 is 5.35. The molecule has 5 heteroatoms. The van der Waals surface area contributed by atoms with E-state index in [4.69, 9.17) is 4.74 Å². The van der Waals surface area contributed by atoms with Gasteiger partial charge in [-0.25, -0.2) is 4.79 Å². The Labute approximate surface area is 141 Å². The number of carbonyl (C=O) groups excluding carboxylic acids is 1. The average Bonchev–Trinajstić information content (AvgIpc) is 3.22. The van der Waals surface area contributed by atoms with E-state index in [2.05, 4.69) is 36.4 Å². The molecule has 1 aliphatic carbocycles. The van der Waals surface area contributed by atoms with Crippen molar-refractivity contribution in [1.82, 2.24) is 15.5 Å². The highest BCUT2D eigenvalue weighted by Crippen LogP contribution is 2.33. The summed E-state index contributed by atoms with van der Waals surface area (Å²) in [5.74, 6) is 1.34. The van der Waals surface area contributed by atoms with Crippen molar-refractivity contribution in [1.29, 1.82) is 0 Å². The van der Waals surface area contributed by atoms with Gasteiger partial charge in [0.25, 0.3) is 0 Å². The van der Waals surface area contributed by atoms with E-state index in [-0.39, 0.29) is 6.09 Å². The summed E-state index contributed by atoms with van der Waals surface area (Å²) in [5.41, 5.74) is -0.440. The minimum Gasteiger partial charge on any atom is -0.444 e. The Kier molecular flexibility index (Phi) is 5.95. The fraction of sp³-hybridized carbons (Fsp3) is 0.944. The second kappa shape index (κ2) is 7.39. The summed E-state index contributed by atoms with van der Waals surface area (Å²) in [6.07, 6.45) is 3.40. The largest absolute Gasteiger partial charge is 0.444 e. The van der Waals surface area contributed by atoms with Gasteiger partial charge in [-0.05, 0) is 65.8 Å². The number of ether oxygens (including phenoxy) is 1. The minimum atomic E-state index is -0.440. The summed E-state index contributed by atoms with van der Waals surface area (Å²) in [4.78, 5) is 14.3. The maximum atomic E-state index is 11.9. The third-order valence-corrected chi connectivity index (χ3v) is 5.09. The second-order valence-corrected chi connectivity index (χ2v) is 8.60. The fourth-order valence-electron chi connectivity index (χ4n) is 3.42. The number of hydrogen-bond acceptors (Lipinski definition) is 4. The van der Waals surface area contributed by atoms with Crippen LogP contribution in [0.3, 0.4) is 0 Å². The Bertz CT molecular complexity index is 404. The molecular formula is C18H35N3O2. The predicted octanol–water partition coefficient (Wildman–Crippen LogP) is 2.61. The van der Waals surface area contributed by atoms with Gasteiger partial charge in [-0.15, -0.1) is 0 Å². The van der Waals surface area contributed by atoms with E-state index in [1.807, 2.05) is 20.8 Å². The molecule has 4 unspecified atom stereocenters. The van der Waals surface area contributed by atoms with Gasteiger partial charge in [0.05, 0.1) is 0 Å². The highest BCUT2D eigenvalue weighted by molar-refractivity contribution is 5.67. The summed E-state index contributed by atoms with van der Waals surface area (Å²) in [7, 11) is 2.21. The number of piperidine rings is 1. The van der Waals surface area contributed by atoms with Crippen LogP contribution in [-0.4, -0.2) is 54.9 Å². The van der Waals surface area contributed by atoms with E-state index in [0.717, 1.165) is 6.54 Å². The topological polar surface area (TPSA) is 53.6 Å². The molecule has 0 radical (unpaired) electrons. The number of amides is 1. The molecule has 0 aromatic heterocycles. The maximum Gasteiger partial charge on any atom is 0.407 e. The molecule has 4 atom stereocenters. The van der Waals surface area contributed by atoms with Gasteiger partial charge in [0.15, 0.2) is 0 Å². The Hall–Kier alpha value is -0.810. The van der Waals surface area contributed by atoms with Gasteiger partial charge >= 0.3 is 6.09 Å². The molecule has 134 valence electrons. The van der Waals surface area contributed by atoms with Crippen LogP contribution < -0.4 is 10.6 Å². The highest BCUT2D eigenvalue weighted by atomic mass is 16.6. The lowest BCUT2D eigenvalue weighted by Crippen LogP contribution is -2.55. The molecule has 1 aliphatic heterocycles. The first-order valence-corrected chi connectivity index (χ1v) is 9.09. The van der Waals surface area contributed by atoms with Crippen LogP contribution in [0.25, 0.3) is 0 Å². The molecule has 1 saturated carbocycles. The quantitative estimate of drug-likeness (QED) is 0.816. The summed E-state index contributed by atoms with van der Waals surface area (Å²) in [5, 5.41) is 6.79. The Morgan fingerprint density at radius 1 is 1.30 bits per heavy atom. The monoisotopic (exact) mass is 325 g/mol. The molecule has 1 amide bonds. The van der Waals surface area contributed by atoms with Gasteiger partial charge in [-0.3, -0.25) is 0 Å². The summed E-state index contributed by atoms with van der Waals surface area (Å²) in [6, 6.07) is 1.51. The predicted molar refractivity (Wildman–Crippen MR) is 93.5 cm³/mol. The molecule has 23 heavy (non-hydrogen) atoms. The zero-order chi connectivity index (χ0) is 17.2. The van der Waals surface area contributed by atoms with Crippen LogP contribution in [0.4, 0.5) is 4.79 Å². The van der Waals surface area contributed by atoms with Crippen molar-refractivity contribution in [3.8, 4) is 0 Å². The molecule has 1 saturated heterocycles. The molecule has 0 bridgehead atoms. The number of carbonyl (C=O) groups is 1. The first kappa shape index (κ1) is 18.5. The number of nitrogens with zero attached hydrogens (tertiary/aromatic N) is 1. The molecule has 2 aliphatic rings. The highest BCUT2D eigenvalue weighted by Gasteiger charge is 2.36. The molecule has 0 spiro atoms. The van der Waals surface area contributed by atoms with Crippen molar-refractivity contribution in [3.05, 3.63) is 0 Å². The molecule has 2 fully saturated rings. The van der Waals surface area contributed by atoms with Crippen LogP contribution in [0.1, 0.15) is 53.9 Å². The van der Waals surface area contributed by atoms with Crippen molar-refractivity contribution in [2.24, 2.45) is 11.8 Å². The Morgan fingerprint density at radius 3 is 2.52 bits per heavy atom. The van der Waals surface area contributed by atoms with Gasteiger partial charge in [0.2, 0.25) is 0 Å². The van der Waals surface area contributed by atoms with Gasteiger partial charge in [-0.1, -0.05) is 6.92 Å². The molecule has 2 N–H and O–H groups in total. The molecule has 0 aromatic rings. The normalized spacial score (nSPS) is 30.8. The number of likely N-dealkylation sites (tertiary alicyclic amines) is 1. The summed E-state index contributed by atoms with van der Waals surface area (Å²) in [6.45, 7) is 12.1.